The first-order valence-electron chi connectivity index (χ1n) is 35.5. The van der Waals surface area contributed by atoms with E-state index in [0.29, 0.717) is 12.8 Å². The van der Waals surface area contributed by atoms with Gasteiger partial charge in [-0.2, -0.15) is 0 Å². The minimum Gasteiger partial charge on any atom is -0.462 e. The van der Waals surface area contributed by atoms with Gasteiger partial charge in [0.25, 0.3) is 0 Å². The van der Waals surface area contributed by atoms with Crippen molar-refractivity contribution in [2.75, 3.05) is 13.2 Å². The summed E-state index contributed by atoms with van der Waals surface area (Å²) >= 11 is 0. The van der Waals surface area contributed by atoms with E-state index in [0.717, 1.165) is 44.9 Å². The Hall–Kier alpha value is -1.88. The molecule has 0 aromatic carbocycles. The average Bonchev–Trinajstić information content (AvgIpc) is 3.44. The van der Waals surface area contributed by atoms with Crippen LogP contribution in [-0.2, 0) is 19.1 Å². The molecule has 460 valence electrons. The molecule has 0 aromatic heterocycles. The Kier molecular flexibility index (Phi) is 67.7. The highest BCUT2D eigenvalue weighted by molar-refractivity contribution is 5.70. The lowest BCUT2D eigenvalue weighted by molar-refractivity contribution is -0.161. The van der Waals surface area contributed by atoms with Gasteiger partial charge in [0.2, 0.25) is 0 Å². The van der Waals surface area contributed by atoms with Gasteiger partial charge in [0, 0.05) is 12.8 Å². The highest BCUT2D eigenvalue weighted by Gasteiger charge is 2.16. The molecule has 0 fully saturated rings. The van der Waals surface area contributed by atoms with Gasteiger partial charge >= 0.3 is 11.9 Å². The summed E-state index contributed by atoms with van der Waals surface area (Å²) < 4.78 is 10.8. The fraction of sp³-hybridized carbons (Fsp3) is 0.890. The van der Waals surface area contributed by atoms with E-state index in [9.17, 15) is 14.7 Å². The molecule has 78 heavy (non-hydrogen) atoms. The number of hydrogen-bond donors (Lipinski definition) is 1. The van der Waals surface area contributed by atoms with Gasteiger partial charge in [-0.25, -0.2) is 0 Å². The number of esters is 2. The van der Waals surface area contributed by atoms with Crippen molar-refractivity contribution in [3.05, 3.63) is 36.5 Å². The SMILES string of the molecule is CCCCCCC/C=C\C/C=C\CCCCCCCCCCCCCCCCCCCCCCCCCCCCCC(=O)OC(CO)COC(=O)CCCCCCCCCCCCCCC/C=C\CCCCCCCCCC. The Bertz CT molecular complexity index is 1240. The van der Waals surface area contributed by atoms with Crippen LogP contribution in [0.3, 0.4) is 0 Å². The first-order valence-corrected chi connectivity index (χ1v) is 35.5. The molecule has 0 spiro atoms. The zero-order valence-corrected chi connectivity index (χ0v) is 53.0. The Labute approximate surface area is 488 Å². The van der Waals surface area contributed by atoms with E-state index < -0.39 is 6.10 Å². The molecule has 0 saturated carbocycles. The predicted octanol–water partition coefficient (Wildman–Crippen LogP) is 24.5. The molecule has 0 heterocycles. The molecule has 0 aromatic rings. The molecule has 0 aliphatic carbocycles. The molecular weight excluding hydrogens is 957 g/mol. The van der Waals surface area contributed by atoms with Gasteiger partial charge < -0.3 is 14.6 Å². The van der Waals surface area contributed by atoms with Crippen LogP contribution < -0.4 is 0 Å². The molecule has 0 amide bonds. The average molecular weight is 1100 g/mol. The van der Waals surface area contributed by atoms with Gasteiger partial charge in [-0.15, -0.1) is 0 Å². The van der Waals surface area contributed by atoms with Crippen molar-refractivity contribution in [2.24, 2.45) is 0 Å². The van der Waals surface area contributed by atoms with E-state index in [1.807, 2.05) is 0 Å². The highest BCUT2D eigenvalue weighted by atomic mass is 16.6. The maximum absolute atomic E-state index is 12.4. The van der Waals surface area contributed by atoms with Crippen molar-refractivity contribution in [2.45, 2.75) is 405 Å². The first-order chi connectivity index (χ1) is 38.6. The second-order valence-corrected chi connectivity index (χ2v) is 24.3. The summed E-state index contributed by atoms with van der Waals surface area (Å²) in [6.07, 6.45) is 91.9. The number of rotatable bonds is 67. The van der Waals surface area contributed by atoms with Crippen LogP contribution in [0, 0.1) is 0 Å². The standard InChI is InChI=1S/C73H138O5/c1-3-5-7-9-11-13-15-17-19-21-23-25-27-29-30-31-32-33-34-35-36-37-38-39-40-41-42-44-46-48-50-52-54-56-58-60-62-64-66-68-73(76)78-71(69-74)70-77-72(75)67-65-63-61-59-57-55-53-51-49-47-45-43-28-26-24-22-20-18-16-14-12-10-8-6-4-2/h15,17,21-24,71,74H,3-14,16,18-20,25-70H2,1-2H3/b17-15-,23-21-,24-22-. The fourth-order valence-electron chi connectivity index (χ4n) is 11.1. The van der Waals surface area contributed by atoms with Gasteiger partial charge in [-0.05, 0) is 70.6 Å². The second kappa shape index (κ2) is 69.4. The van der Waals surface area contributed by atoms with Crippen molar-refractivity contribution >= 4 is 11.9 Å². The molecule has 0 bridgehead atoms. The number of allylic oxidation sites excluding steroid dienone is 6. The zero-order valence-electron chi connectivity index (χ0n) is 53.0. The summed E-state index contributed by atoms with van der Waals surface area (Å²) in [4.78, 5) is 24.6. The van der Waals surface area contributed by atoms with Gasteiger partial charge in [0.05, 0.1) is 6.61 Å². The van der Waals surface area contributed by atoms with Crippen molar-refractivity contribution in [3.63, 3.8) is 0 Å². The Morgan fingerprint density at radius 2 is 0.513 bits per heavy atom. The molecular formula is C73H138O5. The highest BCUT2D eigenvalue weighted by Crippen LogP contribution is 2.19. The van der Waals surface area contributed by atoms with Crippen molar-refractivity contribution in [1.29, 1.82) is 0 Å². The Morgan fingerprint density at radius 1 is 0.295 bits per heavy atom. The summed E-state index contributed by atoms with van der Waals surface area (Å²) in [5.74, 6) is -0.566. The normalized spacial score (nSPS) is 12.3. The van der Waals surface area contributed by atoms with Gasteiger partial charge in [-0.3, -0.25) is 9.59 Å². The second-order valence-electron chi connectivity index (χ2n) is 24.3. The summed E-state index contributed by atoms with van der Waals surface area (Å²) in [5, 5.41) is 9.70. The van der Waals surface area contributed by atoms with Crippen LogP contribution in [0.2, 0.25) is 0 Å². The monoisotopic (exact) mass is 1100 g/mol. The van der Waals surface area contributed by atoms with Gasteiger partial charge in [-0.1, -0.05) is 352 Å². The molecule has 1 N–H and O–H groups in total. The maximum Gasteiger partial charge on any atom is 0.306 e. The van der Waals surface area contributed by atoms with E-state index in [1.54, 1.807) is 0 Å². The number of hydrogen-bond acceptors (Lipinski definition) is 5. The summed E-state index contributed by atoms with van der Waals surface area (Å²) in [5.41, 5.74) is 0. The molecule has 1 atom stereocenters. The van der Waals surface area contributed by atoms with Crippen LogP contribution in [-0.4, -0.2) is 36.4 Å². The predicted molar refractivity (Wildman–Crippen MR) is 344 cm³/mol. The molecule has 5 heteroatoms. The lowest BCUT2D eigenvalue weighted by atomic mass is 10.0. The quantitative estimate of drug-likeness (QED) is 0.0373. The van der Waals surface area contributed by atoms with Crippen LogP contribution in [0.5, 0.6) is 0 Å². The third-order valence-electron chi connectivity index (χ3n) is 16.4. The molecule has 0 rings (SSSR count). The van der Waals surface area contributed by atoms with Crippen LogP contribution in [0.15, 0.2) is 36.5 Å². The zero-order chi connectivity index (χ0) is 56.2. The van der Waals surface area contributed by atoms with Crippen molar-refractivity contribution < 1.29 is 24.2 Å². The van der Waals surface area contributed by atoms with Crippen LogP contribution in [0.1, 0.15) is 399 Å². The third kappa shape index (κ3) is 66.6. The van der Waals surface area contributed by atoms with E-state index in [-0.39, 0.29) is 25.2 Å². The number of ether oxygens (including phenoxy) is 2. The maximum atomic E-state index is 12.4. The van der Waals surface area contributed by atoms with Crippen LogP contribution in [0.4, 0.5) is 0 Å². The van der Waals surface area contributed by atoms with E-state index >= 15 is 0 Å². The van der Waals surface area contributed by atoms with E-state index in [1.165, 1.54) is 327 Å². The topological polar surface area (TPSA) is 72.8 Å². The van der Waals surface area contributed by atoms with Crippen LogP contribution >= 0.6 is 0 Å². The van der Waals surface area contributed by atoms with Crippen molar-refractivity contribution in [3.8, 4) is 0 Å². The largest absolute Gasteiger partial charge is 0.462 e. The molecule has 0 aliphatic heterocycles. The van der Waals surface area contributed by atoms with Crippen LogP contribution in [0.25, 0.3) is 0 Å². The number of aliphatic hydroxyl groups excluding tert-OH is 1. The molecule has 1 unspecified atom stereocenters. The first kappa shape index (κ1) is 76.1. The Balaban J connectivity index is 3.37. The number of aliphatic hydroxyl groups is 1. The van der Waals surface area contributed by atoms with Crippen molar-refractivity contribution in [1.82, 2.24) is 0 Å². The van der Waals surface area contributed by atoms with E-state index in [4.69, 9.17) is 9.47 Å². The summed E-state index contributed by atoms with van der Waals surface area (Å²) in [6.45, 7) is 4.19. The third-order valence-corrected chi connectivity index (χ3v) is 16.4. The summed E-state index contributed by atoms with van der Waals surface area (Å²) in [6, 6.07) is 0. The van der Waals surface area contributed by atoms with Gasteiger partial charge in [0.1, 0.15) is 6.61 Å². The fourth-order valence-corrected chi connectivity index (χ4v) is 11.1. The number of carbonyl (C=O) groups is 2. The molecule has 0 saturated heterocycles. The minimum absolute atomic E-state index is 0.0595. The summed E-state index contributed by atoms with van der Waals surface area (Å²) in [7, 11) is 0. The van der Waals surface area contributed by atoms with E-state index in [2.05, 4.69) is 50.3 Å². The lowest BCUT2D eigenvalue weighted by Gasteiger charge is -2.15. The number of carbonyl (C=O) groups excluding carboxylic acids is 2. The Morgan fingerprint density at radius 3 is 0.769 bits per heavy atom. The van der Waals surface area contributed by atoms with Gasteiger partial charge in [0.15, 0.2) is 6.10 Å². The molecule has 0 radical (unpaired) electrons. The minimum atomic E-state index is -0.770. The molecule has 0 aliphatic rings. The molecule has 5 nitrogen and oxygen atoms in total. The smallest absolute Gasteiger partial charge is 0.306 e. The lowest BCUT2D eigenvalue weighted by Crippen LogP contribution is -2.28. The number of unbranched alkanes of at least 4 members (excludes halogenated alkanes) is 53.